The average Bonchev–Trinajstić information content (AvgIpc) is 2.78. The van der Waals surface area contributed by atoms with Gasteiger partial charge < -0.3 is 25.0 Å². The number of benzene rings is 1. The fourth-order valence-electron chi connectivity index (χ4n) is 3.78. The molecule has 202 valence electrons. The molecule has 0 aliphatic carbocycles. The molecule has 1 rings (SSSR count). The number of carbonyl (C=O) groups is 4. The molecule has 0 saturated heterocycles. The van der Waals surface area contributed by atoms with Crippen LogP contribution in [0.3, 0.4) is 0 Å². The fraction of sp³-hybridized carbons (Fsp3) is 0.630. The number of esters is 1. The molecule has 0 aliphatic rings. The van der Waals surface area contributed by atoms with Gasteiger partial charge in [0.1, 0.15) is 24.2 Å². The summed E-state index contributed by atoms with van der Waals surface area (Å²) in [5.41, 5.74) is 1.79. The van der Waals surface area contributed by atoms with Crippen LogP contribution in [-0.4, -0.2) is 60.6 Å². The average molecular weight is 506 g/mol. The van der Waals surface area contributed by atoms with E-state index < -0.39 is 41.6 Å². The molecule has 0 aromatic heterocycles. The maximum absolute atomic E-state index is 13.7. The zero-order chi connectivity index (χ0) is 27.5. The molecule has 0 saturated carbocycles. The van der Waals surface area contributed by atoms with Crippen molar-refractivity contribution in [3.05, 3.63) is 34.9 Å². The zero-order valence-electron chi connectivity index (χ0n) is 23.0. The van der Waals surface area contributed by atoms with Gasteiger partial charge in [0, 0.05) is 6.54 Å². The molecule has 0 radical (unpaired) electrons. The number of nitrogens with one attached hydrogen (secondary N) is 2. The Labute approximate surface area is 215 Å². The number of alkyl carbamates (subject to hydrolysis) is 1. The maximum atomic E-state index is 13.7. The van der Waals surface area contributed by atoms with Crippen molar-refractivity contribution in [3.8, 4) is 0 Å². The van der Waals surface area contributed by atoms with Gasteiger partial charge in [-0.3, -0.25) is 14.4 Å². The third-order valence-electron chi connectivity index (χ3n) is 5.55. The van der Waals surface area contributed by atoms with Gasteiger partial charge in [0.15, 0.2) is 0 Å². The summed E-state index contributed by atoms with van der Waals surface area (Å²) in [7, 11) is 1.24. The minimum atomic E-state index is -0.993. The monoisotopic (exact) mass is 505 g/mol. The van der Waals surface area contributed by atoms with Crippen molar-refractivity contribution in [3.63, 3.8) is 0 Å². The van der Waals surface area contributed by atoms with Gasteiger partial charge in [0.05, 0.1) is 7.11 Å². The van der Waals surface area contributed by atoms with Crippen LogP contribution < -0.4 is 10.6 Å². The van der Waals surface area contributed by atoms with Crippen molar-refractivity contribution >= 4 is 23.9 Å². The molecule has 1 aromatic carbocycles. The minimum Gasteiger partial charge on any atom is -0.468 e. The lowest BCUT2D eigenvalue weighted by Crippen LogP contribution is -2.52. The van der Waals surface area contributed by atoms with Crippen LogP contribution >= 0.6 is 0 Å². The van der Waals surface area contributed by atoms with Crippen LogP contribution in [-0.2, 0) is 23.9 Å². The van der Waals surface area contributed by atoms with E-state index in [9.17, 15) is 19.2 Å². The van der Waals surface area contributed by atoms with E-state index in [1.807, 2.05) is 32.0 Å². The summed E-state index contributed by atoms with van der Waals surface area (Å²) in [5, 5.41) is 5.19. The van der Waals surface area contributed by atoms with Gasteiger partial charge in [-0.1, -0.05) is 49.9 Å². The summed E-state index contributed by atoms with van der Waals surface area (Å²) < 4.78 is 9.95. The van der Waals surface area contributed by atoms with Gasteiger partial charge in [-0.2, -0.15) is 0 Å². The Morgan fingerprint density at radius 1 is 1.06 bits per heavy atom. The van der Waals surface area contributed by atoms with E-state index in [1.165, 1.54) is 12.0 Å². The normalized spacial score (nSPS) is 12.8. The molecular weight excluding hydrogens is 462 g/mol. The third-order valence-corrected chi connectivity index (χ3v) is 5.55. The smallest absolute Gasteiger partial charge is 0.408 e. The van der Waals surface area contributed by atoms with Crippen molar-refractivity contribution in [1.82, 2.24) is 15.5 Å². The largest absolute Gasteiger partial charge is 0.468 e. The lowest BCUT2D eigenvalue weighted by atomic mass is 9.96. The predicted octanol–water partition coefficient (Wildman–Crippen LogP) is 3.96. The Bertz CT molecular complexity index is 909. The number of nitrogens with zero attached hydrogens (tertiary/aromatic N) is 1. The molecular formula is C27H43N3O6. The van der Waals surface area contributed by atoms with Crippen molar-refractivity contribution < 1.29 is 28.7 Å². The second-order valence-electron chi connectivity index (χ2n) is 10.0. The zero-order valence-corrected chi connectivity index (χ0v) is 23.0. The number of aryl methyl sites for hydroxylation is 2. The molecule has 0 bridgehead atoms. The van der Waals surface area contributed by atoms with Crippen molar-refractivity contribution in [2.75, 3.05) is 20.2 Å². The second-order valence-corrected chi connectivity index (χ2v) is 10.0. The van der Waals surface area contributed by atoms with E-state index in [0.29, 0.717) is 18.5 Å². The van der Waals surface area contributed by atoms with E-state index in [0.717, 1.165) is 30.4 Å². The highest BCUT2D eigenvalue weighted by Gasteiger charge is 2.35. The van der Waals surface area contributed by atoms with Crippen molar-refractivity contribution in [2.45, 2.75) is 91.8 Å². The molecule has 2 N–H and O–H groups in total. The maximum Gasteiger partial charge on any atom is 0.408 e. The van der Waals surface area contributed by atoms with E-state index in [2.05, 4.69) is 22.3 Å². The molecule has 3 amide bonds. The number of hydrogen-bond acceptors (Lipinski definition) is 6. The number of amides is 3. The van der Waals surface area contributed by atoms with E-state index in [1.54, 1.807) is 27.7 Å². The number of hydrogen-bond donors (Lipinski definition) is 2. The van der Waals surface area contributed by atoms with Crippen LogP contribution in [0.4, 0.5) is 4.79 Å². The molecule has 0 aliphatic heterocycles. The topological polar surface area (TPSA) is 114 Å². The van der Waals surface area contributed by atoms with Crippen LogP contribution in [0.1, 0.15) is 83.0 Å². The van der Waals surface area contributed by atoms with Crippen LogP contribution in [0.2, 0.25) is 0 Å². The first-order valence-corrected chi connectivity index (χ1v) is 12.5. The molecule has 2 atom stereocenters. The minimum absolute atomic E-state index is 0.308. The molecule has 0 heterocycles. The Hall–Kier alpha value is -3.10. The van der Waals surface area contributed by atoms with Crippen LogP contribution in [0.15, 0.2) is 18.2 Å². The summed E-state index contributed by atoms with van der Waals surface area (Å²) >= 11 is 0. The van der Waals surface area contributed by atoms with Gasteiger partial charge in [0.25, 0.3) is 0 Å². The number of methoxy groups -OCH3 is 1. The molecule has 1 aromatic rings. The Kier molecular flexibility index (Phi) is 12.4. The van der Waals surface area contributed by atoms with Gasteiger partial charge in [-0.25, -0.2) is 4.79 Å². The number of carbonyl (C=O) groups excluding carboxylic acids is 4. The third kappa shape index (κ3) is 10.3. The van der Waals surface area contributed by atoms with Crippen molar-refractivity contribution in [2.24, 2.45) is 0 Å². The Balaban J connectivity index is 3.37. The summed E-state index contributed by atoms with van der Waals surface area (Å²) in [6.07, 6.45) is 2.87. The van der Waals surface area contributed by atoms with Crippen molar-refractivity contribution in [1.29, 1.82) is 0 Å². The Morgan fingerprint density at radius 3 is 2.28 bits per heavy atom. The van der Waals surface area contributed by atoms with Crippen LogP contribution in [0.25, 0.3) is 0 Å². The predicted molar refractivity (Wildman–Crippen MR) is 138 cm³/mol. The summed E-state index contributed by atoms with van der Waals surface area (Å²) in [4.78, 5) is 52.7. The first-order chi connectivity index (χ1) is 16.8. The SMILES string of the molecule is CCCCCCN(C(=O)C(C)NC(=O)OC(C)(C)C)C(C(=O)NCC(=O)OC)c1ccc(C)cc1C. The molecule has 9 nitrogen and oxygen atoms in total. The van der Waals surface area contributed by atoms with Gasteiger partial charge in [-0.05, 0) is 59.1 Å². The van der Waals surface area contributed by atoms with E-state index in [4.69, 9.17) is 4.74 Å². The highest BCUT2D eigenvalue weighted by Crippen LogP contribution is 2.27. The van der Waals surface area contributed by atoms with E-state index in [-0.39, 0.29) is 6.54 Å². The number of unbranched alkanes of at least 4 members (excludes halogenated alkanes) is 3. The number of ether oxygens (including phenoxy) is 2. The lowest BCUT2D eigenvalue weighted by molar-refractivity contribution is -0.144. The molecule has 2 unspecified atom stereocenters. The fourth-order valence-corrected chi connectivity index (χ4v) is 3.78. The lowest BCUT2D eigenvalue weighted by Gasteiger charge is -2.34. The molecule has 9 heteroatoms. The molecule has 36 heavy (non-hydrogen) atoms. The first kappa shape index (κ1) is 30.9. The standard InChI is InChI=1S/C27H43N3O6/c1-9-10-11-12-15-30(25(33)20(4)29-26(34)36-27(5,6)7)23(24(32)28-17-22(31)35-8)21-14-13-18(2)16-19(21)3/h13-14,16,20,23H,9-12,15,17H2,1-8H3,(H,28,32)(H,29,34). The first-order valence-electron chi connectivity index (χ1n) is 12.5. The molecule has 0 spiro atoms. The Morgan fingerprint density at radius 2 is 1.72 bits per heavy atom. The van der Waals surface area contributed by atoms with E-state index >= 15 is 0 Å². The summed E-state index contributed by atoms with van der Waals surface area (Å²) in [6.45, 7) is 12.7. The summed E-state index contributed by atoms with van der Waals surface area (Å²) in [6, 6.07) is 3.72. The second kappa shape index (κ2) is 14.5. The summed E-state index contributed by atoms with van der Waals surface area (Å²) in [5.74, 6) is -1.51. The highest BCUT2D eigenvalue weighted by atomic mass is 16.6. The van der Waals surface area contributed by atoms with Gasteiger partial charge in [0.2, 0.25) is 11.8 Å². The molecule has 0 fully saturated rings. The quantitative estimate of drug-likeness (QED) is 0.328. The highest BCUT2D eigenvalue weighted by molar-refractivity contribution is 5.93. The van der Waals surface area contributed by atoms with Crippen LogP contribution in [0.5, 0.6) is 0 Å². The van der Waals surface area contributed by atoms with Gasteiger partial charge >= 0.3 is 12.1 Å². The number of rotatable bonds is 12. The van der Waals surface area contributed by atoms with Gasteiger partial charge in [-0.15, -0.1) is 0 Å². The van der Waals surface area contributed by atoms with Crippen LogP contribution in [0, 0.1) is 13.8 Å².